The van der Waals surface area contributed by atoms with Crippen molar-refractivity contribution >= 4 is 35.2 Å². The molecule has 3 amide bonds. The van der Waals surface area contributed by atoms with Crippen LogP contribution in [0.3, 0.4) is 0 Å². The van der Waals surface area contributed by atoms with E-state index in [9.17, 15) is 14.4 Å². The molecule has 0 atom stereocenters. The van der Waals surface area contributed by atoms with Crippen LogP contribution in [0.2, 0.25) is 5.02 Å². The second-order valence-corrected chi connectivity index (χ2v) is 5.31. The molecule has 6 nitrogen and oxygen atoms in total. The number of hydrogen-bond acceptors (Lipinski definition) is 3. The van der Waals surface area contributed by atoms with Gasteiger partial charge in [0, 0.05) is 17.1 Å². The Kier molecular flexibility index (Phi) is 5.10. The fourth-order valence-corrected chi connectivity index (χ4v) is 1.47. The van der Waals surface area contributed by atoms with Crippen molar-refractivity contribution in [2.75, 3.05) is 5.32 Å². The third-order valence-electron chi connectivity index (χ3n) is 2.54. The monoisotopic (exact) mass is 298 g/mol. The van der Waals surface area contributed by atoms with Crippen molar-refractivity contribution in [1.29, 1.82) is 0 Å². The van der Waals surface area contributed by atoms with Gasteiger partial charge in [-0.05, 0) is 38.1 Å². The molecule has 20 heavy (non-hydrogen) atoms. The molecule has 0 spiro atoms. The van der Waals surface area contributed by atoms with Gasteiger partial charge in [0.05, 0.1) is 5.41 Å². The molecule has 1 aromatic rings. The molecule has 0 radical (unpaired) electrons. The molecule has 1 aromatic carbocycles. The number of halogens is 1. The fourth-order valence-electron chi connectivity index (χ4n) is 1.34. The predicted octanol–water partition coefficient (Wildman–Crippen LogP) is 2.49. The molecule has 1 rings (SSSR count). The first-order chi connectivity index (χ1) is 9.20. The number of anilines is 1. The van der Waals surface area contributed by atoms with E-state index < -0.39 is 23.3 Å². The summed E-state index contributed by atoms with van der Waals surface area (Å²) in [7, 11) is 0. The average molecular weight is 299 g/mol. The predicted molar refractivity (Wildman–Crippen MR) is 74.6 cm³/mol. The zero-order chi connectivity index (χ0) is 15.3. The van der Waals surface area contributed by atoms with Gasteiger partial charge in [0.2, 0.25) is 5.91 Å². The number of carboxylic acid groups (broad SMARTS) is 1. The van der Waals surface area contributed by atoms with Gasteiger partial charge in [-0.15, -0.1) is 0 Å². The van der Waals surface area contributed by atoms with Gasteiger partial charge in [-0.3, -0.25) is 14.9 Å². The van der Waals surface area contributed by atoms with E-state index in [0.29, 0.717) is 10.7 Å². The molecule has 3 N–H and O–H groups in total. The first-order valence-electron chi connectivity index (χ1n) is 5.80. The molecule has 0 bridgehead atoms. The number of hydrogen-bond donors (Lipinski definition) is 3. The molecular weight excluding hydrogens is 284 g/mol. The van der Waals surface area contributed by atoms with Gasteiger partial charge in [0.15, 0.2) is 0 Å². The molecule has 0 aromatic heterocycles. The Morgan fingerprint density at radius 2 is 1.75 bits per heavy atom. The highest BCUT2D eigenvalue weighted by Crippen LogP contribution is 2.20. The largest absolute Gasteiger partial charge is 0.481 e. The van der Waals surface area contributed by atoms with Crippen LogP contribution < -0.4 is 10.6 Å². The number of urea groups is 1. The van der Waals surface area contributed by atoms with E-state index in [0.717, 1.165) is 0 Å². The van der Waals surface area contributed by atoms with E-state index in [1.54, 1.807) is 24.3 Å². The molecule has 0 aliphatic rings. The number of imide groups is 1. The van der Waals surface area contributed by atoms with Crippen LogP contribution in [0.5, 0.6) is 0 Å². The number of carbonyl (C=O) groups excluding carboxylic acids is 2. The third kappa shape index (κ3) is 4.89. The SMILES string of the molecule is CC(C)(CC(=O)NC(=O)Nc1ccc(Cl)cc1)C(=O)O. The Morgan fingerprint density at radius 3 is 2.25 bits per heavy atom. The van der Waals surface area contributed by atoms with E-state index in [1.807, 2.05) is 0 Å². The van der Waals surface area contributed by atoms with Crippen molar-refractivity contribution in [3.63, 3.8) is 0 Å². The number of amides is 3. The summed E-state index contributed by atoms with van der Waals surface area (Å²) in [4.78, 5) is 34.0. The smallest absolute Gasteiger partial charge is 0.325 e. The summed E-state index contributed by atoms with van der Waals surface area (Å²) in [6, 6.07) is 5.61. The van der Waals surface area contributed by atoms with E-state index in [2.05, 4.69) is 10.6 Å². The van der Waals surface area contributed by atoms with Gasteiger partial charge in [-0.1, -0.05) is 11.6 Å². The average Bonchev–Trinajstić information content (AvgIpc) is 2.30. The highest BCUT2D eigenvalue weighted by molar-refractivity contribution is 6.30. The maximum Gasteiger partial charge on any atom is 0.325 e. The molecular formula is C13H15ClN2O4. The number of aliphatic carboxylic acids is 1. The lowest BCUT2D eigenvalue weighted by molar-refractivity contribution is -0.149. The zero-order valence-electron chi connectivity index (χ0n) is 11.1. The number of rotatable bonds is 4. The Hall–Kier alpha value is -2.08. The Morgan fingerprint density at radius 1 is 1.20 bits per heavy atom. The van der Waals surface area contributed by atoms with Crippen LogP contribution in [-0.2, 0) is 9.59 Å². The van der Waals surface area contributed by atoms with E-state index >= 15 is 0 Å². The molecule has 7 heteroatoms. The molecule has 0 saturated carbocycles. The topological polar surface area (TPSA) is 95.5 Å². The van der Waals surface area contributed by atoms with E-state index in [1.165, 1.54) is 13.8 Å². The molecule has 0 fully saturated rings. The second kappa shape index (κ2) is 6.38. The molecule has 108 valence electrons. The lowest BCUT2D eigenvalue weighted by Crippen LogP contribution is -2.38. The minimum absolute atomic E-state index is 0.295. The van der Waals surface area contributed by atoms with Crippen molar-refractivity contribution in [3.8, 4) is 0 Å². The van der Waals surface area contributed by atoms with E-state index in [4.69, 9.17) is 16.7 Å². The summed E-state index contributed by atoms with van der Waals surface area (Å²) in [6.07, 6.45) is -0.295. The Balaban J connectivity index is 2.52. The highest BCUT2D eigenvalue weighted by Gasteiger charge is 2.30. The van der Waals surface area contributed by atoms with Crippen LogP contribution in [0.1, 0.15) is 20.3 Å². The molecule has 0 aliphatic heterocycles. The van der Waals surface area contributed by atoms with Crippen molar-refractivity contribution < 1.29 is 19.5 Å². The van der Waals surface area contributed by atoms with Crippen LogP contribution in [-0.4, -0.2) is 23.0 Å². The number of benzene rings is 1. The summed E-state index contributed by atoms with van der Waals surface area (Å²) in [5.41, 5.74) is -0.762. The van der Waals surface area contributed by atoms with Crippen LogP contribution in [0.25, 0.3) is 0 Å². The van der Waals surface area contributed by atoms with Gasteiger partial charge >= 0.3 is 12.0 Å². The quantitative estimate of drug-likeness (QED) is 0.795. The zero-order valence-corrected chi connectivity index (χ0v) is 11.8. The Labute approximate surface area is 121 Å². The van der Waals surface area contributed by atoms with Gasteiger partial charge in [0.1, 0.15) is 0 Å². The number of carboxylic acids is 1. The highest BCUT2D eigenvalue weighted by atomic mass is 35.5. The minimum atomic E-state index is -1.23. The molecule has 0 saturated heterocycles. The first kappa shape index (κ1) is 16.0. The Bertz CT molecular complexity index is 526. The maximum absolute atomic E-state index is 11.6. The van der Waals surface area contributed by atoms with Crippen LogP contribution in [0.4, 0.5) is 10.5 Å². The van der Waals surface area contributed by atoms with Crippen LogP contribution >= 0.6 is 11.6 Å². The third-order valence-corrected chi connectivity index (χ3v) is 2.79. The fraction of sp³-hybridized carbons (Fsp3) is 0.308. The van der Waals surface area contributed by atoms with Gasteiger partial charge in [-0.2, -0.15) is 0 Å². The van der Waals surface area contributed by atoms with Gasteiger partial charge in [-0.25, -0.2) is 4.79 Å². The summed E-state index contributed by atoms with van der Waals surface area (Å²) in [5.74, 6) is -1.77. The molecule has 0 unspecified atom stereocenters. The summed E-state index contributed by atoms with van der Waals surface area (Å²) in [6.45, 7) is 2.82. The lowest BCUT2D eigenvalue weighted by Gasteiger charge is -2.17. The van der Waals surface area contributed by atoms with Crippen LogP contribution in [0, 0.1) is 5.41 Å². The number of nitrogens with one attached hydrogen (secondary N) is 2. The van der Waals surface area contributed by atoms with Gasteiger partial charge in [0.25, 0.3) is 0 Å². The van der Waals surface area contributed by atoms with E-state index in [-0.39, 0.29) is 6.42 Å². The summed E-state index contributed by atoms with van der Waals surface area (Å²) >= 11 is 5.70. The second-order valence-electron chi connectivity index (χ2n) is 4.88. The first-order valence-corrected chi connectivity index (χ1v) is 6.18. The summed E-state index contributed by atoms with van der Waals surface area (Å²) < 4.78 is 0. The standard InChI is InChI=1S/C13H15ClN2O4/c1-13(2,11(18)19)7-10(17)16-12(20)15-9-5-3-8(14)4-6-9/h3-6H,7H2,1-2H3,(H,18,19)(H2,15,16,17,20). The molecule has 0 heterocycles. The maximum atomic E-state index is 11.6. The van der Waals surface area contributed by atoms with Crippen molar-refractivity contribution in [2.45, 2.75) is 20.3 Å². The minimum Gasteiger partial charge on any atom is -0.481 e. The van der Waals surface area contributed by atoms with Gasteiger partial charge < -0.3 is 10.4 Å². The summed E-state index contributed by atoms with van der Waals surface area (Å²) in [5, 5.41) is 13.9. The lowest BCUT2D eigenvalue weighted by atomic mass is 9.89. The van der Waals surface area contributed by atoms with Crippen molar-refractivity contribution in [2.24, 2.45) is 5.41 Å². The molecule has 0 aliphatic carbocycles. The van der Waals surface area contributed by atoms with Crippen molar-refractivity contribution in [1.82, 2.24) is 5.32 Å². The normalized spacial score (nSPS) is 10.8. The van der Waals surface area contributed by atoms with Crippen LogP contribution in [0.15, 0.2) is 24.3 Å². The number of carbonyl (C=O) groups is 3. The van der Waals surface area contributed by atoms with Crippen molar-refractivity contribution in [3.05, 3.63) is 29.3 Å².